The lowest BCUT2D eigenvalue weighted by Crippen LogP contribution is -2.78. The van der Waals surface area contributed by atoms with Crippen LogP contribution in [0.25, 0.3) is 0 Å². The maximum atomic E-state index is 13.3. The summed E-state index contributed by atoms with van der Waals surface area (Å²) in [5.41, 5.74) is -3.54. The lowest BCUT2D eigenvalue weighted by atomic mass is 9.38. The molecule has 2 unspecified atom stereocenters. The van der Waals surface area contributed by atoms with Crippen molar-refractivity contribution in [2.24, 2.45) is 34.5 Å². The fraction of sp³-hybridized carbons (Fsp3) is 0.800. The minimum Gasteiger partial charge on any atom is -0.459 e. The quantitative estimate of drug-likeness (QED) is 0.389. The number of carbonyl (C=O) groups excluding carboxylic acids is 3. The highest BCUT2D eigenvalue weighted by molar-refractivity contribution is 5.96. The number of hydrogen-bond donors (Lipinski definition) is 4. The van der Waals surface area contributed by atoms with Crippen molar-refractivity contribution in [3.8, 4) is 0 Å². The van der Waals surface area contributed by atoms with Crippen molar-refractivity contribution in [2.75, 3.05) is 6.61 Å². The summed E-state index contributed by atoms with van der Waals surface area (Å²) >= 11 is 0. The standard InChI is InChI=1S/C25H34O10/c1-6-22(4,31)21(30)35-16-15-11(3)17(27)25(32)20-23(5)12(10(2)7-13(26)18(23)28)8-14(34-19(16)29)24(15,20)9-33-25/h7,11-12,14-18,20,27-28,31-32H,6,8-9H2,1-5H3/t11-,12+,14-,15-,16-,17-,18-,20?,22+,23-,24+,25?/m1/s1. The normalized spacial score (nSPS) is 52.0. The maximum Gasteiger partial charge on any atom is 0.348 e. The van der Waals surface area contributed by atoms with Gasteiger partial charge < -0.3 is 34.6 Å². The predicted molar refractivity (Wildman–Crippen MR) is 117 cm³/mol. The van der Waals surface area contributed by atoms with Crippen molar-refractivity contribution in [1.82, 2.24) is 0 Å². The second-order valence-corrected chi connectivity index (χ2v) is 11.6. The smallest absolute Gasteiger partial charge is 0.348 e. The third kappa shape index (κ3) is 2.80. The van der Waals surface area contributed by atoms with Crippen LogP contribution < -0.4 is 0 Å². The van der Waals surface area contributed by atoms with E-state index >= 15 is 0 Å². The molecule has 2 heterocycles. The number of esters is 2. The summed E-state index contributed by atoms with van der Waals surface area (Å²) in [6, 6.07) is 0. The minimum absolute atomic E-state index is 0.0510. The van der Waals surface area contributed by atoms with Gasteiger partial charge >= 0.3 is 11.9 Å². The van der Waals surface area contributed by atoms with E-state index < -0.39 is 88.0 Å². The predicted octanol–water partition coefficient (Wildman–Crippen LogP) is -0.151. The van der Waals surface area contributed by atoms with E-state index in [1.807, 2.05) is 0 Å². The molecule has 0 radical (unpaired) electrons. The van der Waals surface area contributed by atoms with E-state index in [9.17, 15) is 34.8 Å². The van der Waals surface area contributed by atoms with E-state index in [0.717, 1.165) is 0 Å². The lowest BCUT2D eigenvalue weighted by molar-refractivity contribution is -0.340. The summed E-state index contributed by atoms with van der Waals surface area (Å²) in [6.45, 7) is 7.88. The zero-order chi connectivity index (χ0) is 25.9. The summed E-state index contributed by atoms with van der Waals surface area (Å²) in [4.78, 5) is 38.8. The molecule has 1 spiro atoms. The number of aliphatic hydroxyl groups excluding tert-OH is 2. The van der Waals surface area contributed by atoms with Gasteiger partial charge in [-0.05, 0) is 44.6 Å². The number of rotatable bonds is 3. The van der Waals surface area contributed by atoms with Crippen LogP contribution in [0, 0.1) is 34.5 Å². The van der Waals surface area contributed by atoms with Crippen molar-refractivity contribution in [3.63, 3.8) is 0 Å². The van der Waals surface area contributed by atoms with Crippen molar-refractivity contribution in [1.29, 1.82) is 0 Å². The second kappa shape index (κ2) is 7.35. The first-order valence-corrected chi connectivity index (χ1v) is 12.3. The number of fused-ring (bicyclic) bond motifs is 1. The van der Waals surface area contributed by atoms with Gasteiger partial charge in [-0.2, -0.15) is 0 Å². The van der Waals surface area contributed by atoms with Gasteiger partial charge in [0.25, 0.3) is 0 Å². The van der Waals surface area contributed by atoms with Crippen molar-refractivity contribution in [2.45, 2.75) is 83.3 Å². The average Bonchev–Trinajstić information content (AvgIpc) is 3.08. The van der Waals surface area contributed by atoms with Gasteiger partial charge in [0.1, 0.15) is 18.3 Å². The van der Waals surface area contributed by atoms with E-state index in [2.05, 4.69) is 0 Å². The Morgan fingerprint density at radius 2 is 1.97 bits per heavy atom. The highest BCUT2D eigenvalue weighted by Crippen LogP contribution is 2.73. The summed E-state index contributed by atoms with van der Waals surface area (Å²) in [5, 5.41) is 44.8. The molecule has 4 fully saturated rings. The minimum atomic E-state index is -2.12. The molecule has 0 amide bonds. The molecule has 12 atom stereocenters. The van der Waals surface area contributed by atoms with E-state index in [0.29, 0.717) is 5.57 Å². The molecule has 10 heteroatoms. The molecule has 4 N–H and O–H groups in total. The van der Waals surface area contributed by atoms with Crippen molar-refractivity contribution >= 4 is 17.7 Å². The molecule has 35 heavy (non-hydrogen) atoms. The van der Waals surface area contributed by atoms with E-state index in [4.69, 9.17) is 14.2 Å². The average molecular weight is 495 g/mol. The fourth-order valence-electron chi connectivity index (χ4n) is 8.12. The van der Waals surface area contributed by atoms with Gasteiger partial charge in [-0.3, -0.25) is 4.79 Å². The molecule has 5 rings (SSSR count). The van der Waals surface area contributed by atoms with Crippen LogP contribution in [0.3, 0.4) is 0 Å². The number of ether oxygens (including phenoxy) is 3. The Kier molecular flexibility index (Phi) is 5.21. The molecule has 10 nitrogen and oxygen atoms in total. The van der Waals surface area contributed by atoms with E-state index in [1.54, 1.807) is 27.7 Å². The van der Waals surface area contributed by atoms with Crippen LogP contribution in [0.15, 0.2) is 11.6 Å². The molecule has 0 aromatic rings. The van der Waals surface area contributed by atoms with Gasteiger partial charge in [0.2, 0.25) is 6.10 Å². The monoisotopic (exact) mass is 494 g/mol. The largest absolute Gasteiger partial charge is 0.459 e. The Bertz CT molecular complexity index is 1020. The third-order valence-corrected chi connectivity index (χ3v) is 9.99. The summed E-state index contributed by atoms with van der Waals surface area (Å²) in [6.07, 6.45) is -3.51. The number of carbonyl (C=O) groups is 3. The highest BCUT2D eigenvalue weighted by Gasteiger charge is 2.83. The van der Waals surface area contributed by atoms with E-state index in [-0.39, 0.29) is 19.4 Å². The highest BCUT2D eigenvalue weighted by atomic mass is 16.7. The third-order valence-electron chi connectivity index (χ3n) is 9.99. The molecule has 0 aromatic heterocycles. The number of hydrogen-bond acceptors (Lipinski definition) is 10. The molecule has 3 aliphatic carbocycles. The van der Waals surface area contributed by atoms with Crippen LogP contribution in [0.5, 0.6) is 0 Å². The summed E-state index contributed by atoms with van der Waals surface area (Å²) in [7, 11) is 0. The first-order chi connectivity index (χ1) is 16.2. The van der Waals surface area contributed by atoms with Gasteiger partial charge in [-0.15, -0.1) is 0 Å². The zero-order valence-electron chi connectivity index (χ0n) is 20.6. The summed E-state index contributed by atoms with van der Waals surface area (Å²) < 4.78 is 17.4. The van der Waals surface area contributed by atoms with Gasteiger partial charge in [0.15, 0.2) is 17.2 Å². The van der Waals surface area contributed by atoms with Crippen LogP contribution in [0.4, 0.5) is 0 Å². The Morgan fingerprint density at radius 1 is 1.31 bits per heavy atom. The lowest BCUT2D eigenvalue weighted by Gasteiger charge is -2.68. The van der Waals surface area contributed by atoms with Crippen LogP contribution >= 0.6 is 0 Å². The van der Waals surface area contributed by atoms with Crippen LogP contribution in [-0.2, 0) is 28.6 Å². The van der Waals surface area contributed by atoms with Crippen LogP contribution in [0.2, 0.25) is 0 Å². The molecule has 0 aromatic carbocycles. The Labute approximate surface area is 203 Å². The first-order valence-electron chi connectivity index (χ1n) is 12.3. The molecule has 2 aliphatic heterocycles. The van der Waals surface area contributed by atoms with Gasteiger partial charge in [0, 0.05) is 22.7 Å². The molecule has 2 saturated heterocycles. The SMILES string of the molecule is CC[C@](C)(O)C(=O)O[C@H]1C(=O)O[C@@H]2C[C@H]3C(C)=CC(=O)[C@@H](O)[C@]3(C)C3C4(O)OC[C@]32[C@@H]1[C@@H](C)[C@H]4O. The molecule has 194 valence electrons. The fourth-order valence-corrected chi connectivity index (χ4v) is 8.12. The molecule has 5 aliphatic rings. The Balaban J connectivity index is 1.69. The number of ketones is 1. The second-order valence-electron chi connectivity index (χ2n) is 11.6. The topological polar surface area (TPSA) is 160 Å². The van der Waals surface area contributed by atoms with Crippen LogP contribution in [-0.4, -0.2) is 80.6 Å². The van der Waals surface area contributed by atoms with Gasteiger partial charge in [-0.1, -0.05) is 26.3 Å². The Morgan fingerprint density at radius 3 is 2.60 bits per heavy atom. The molecule has 2 bridgehead atoms. The number of aliphatic hydroxyl groups is 4. The Hall–Kier alpha value is -1.85. The maximum absolute atomic E-state index is 13.3. The molecular weight excluding hydrogens is 460 g/mol. The first kappa shape index (κ1) is 24.8. The van der Waals surface area contributed by atoms with Gasteiger partial charge in [-0.25, -0.2) is 9.59 Å². The van der Waals surface area contributed by atoms with Gasteiger partial charge in [0.05, 0.1) is 6.61 Å². The van der Waals surface area contributed by atoms with Crippen molar-refractivity contribution < 1.29 is 49.0 Å². The molecular formula is C25H34O10. The van der Waals surface area contributed by atoms with E-state index in [1.165, 1.54) is 13.0 Å². The number of allylic oxidation sites excluding steroid dienone is 1. The van der Waals surface area contributed by atoms with Crippen LogP contribution in [0.1, 0.15) is 47.5 Å². The summed E-state index contributed by atoms with van der Waals surface area (Å²) in [5.74, 6) is -7.47. The molecule has 2 saturated carbocycles. The zero-order valence-corrected chi connectivity index (χ0v) is 20.6. The van der Waals surface area contributed by atoms with Crippen molar-refractivity contribution in [3.05, 3.63) is 11.6 Å².